The van der Waals surface area contributed by atoms with E-state index in [2.05, 4.69) is 336 Å². The monoisotopic (exact) mass is 1560 g/mol. The molecule has 4 aliphatic carbocycles. The van der Waals surface area contributed by atoms with Crippen molar-refractivity contribution in [2.75, 3.05) is 0 Å². The van der Waals surface area contributed by atoms with Crippen molar-refractivity contribution < 1.29 is 23.3 Å². The van der Waals surface area contributed by atoms with Crippen LogP contribution in [0.1, 0.15) is 107 Å². The summed E-state index contributed by atoms with van der Waals surface area (Å²) >= 11 is 7.31. The van der Waals surface area contributed by atoms with Crippen LogP contribution in [0.5, 0.6) is 0 Å². The molecule has 538 valence electrons. The molecule has 0 fully saturated rings. The maximum Gasteiger partial charge on any atom is 0.488 e. The van der Waals surface area contributed by atoms with E-state index >= 15 is 0 Å². The second kappa shape index (κ2) is 25.9. The lowest BCUT2D eigenvalue weighted by Crippen LogP contribution is -2.29. The SMILES string of the molecule is C.CC1(C)c2cc(-c3ccc4oc5ccc(-c6ccccc6)cc5c4c3)ccc2-c2cc3c(cc21)C(C)(C)c1cc(-c2ccc4oc5ccc(-c6ccccc6)cc5c4c2)ccc1-3.CC1(C)c2cc(Br)ccc2-c2cc3c(cc21)C(C)(C)c1cc(Br)ccc1-3.OB(O)c1ccc2oc3ccc(-c4ccccc4)cc3c2c1. The van der Waals surface area contributed by atoms with Crippen molar-refractivity contribution in [3.63, 3.8) is 0 Å². The molecule has 3 heterocycles. The summed E-state index contributed by atoms with van der Waals surface area (Å²) in [5.74, 6) is 0. The standard InChI is InChI=1S/C60H42O2.C24H20Br2.C18H13BO3.CH4/c1-59(2)51-31-41(39-19-25-57-49(29-39)47-27-37(17-23-55(47)61-57)35-11-7-5-8-12-35)15-21-43(51)45-33-46-44-22-16-42(32-52(44)60(3,4)54(46)34-53(45)59)40-20-26-58-50(30-40)48-28-38(18-24-56(48)62-58)36-13-9-6-10-14-36;1-23(2)19-9-13(25)5-7-15(19)17-11-18-16-8-6-14(26)10-20(16)24(3,4)22(18)12-21(17)23;20-19(21)14-7-9-18-16(11-14)15-10-13(6-8-17(15)22-18)12-4-2-1-3-5-12;/h5-34H,1-4H3;5-12H,1-4H3;1-11,20-21H;1H4. The van der Waals surface area contributed by atoms with Gasteiger partial charge in [0.1, 0.15) is 33.5 Å². The van der Waals surface area contributed by atoms with Gasteiger partial charge in [-0.15, -0.1) is 0 Å². The number of halogens is 2. The highest BCUT2D eigenvalue weighted by Gasteiger charge is 2.44. The van der Waals surface area contributed by atoms with E-state index in [1.54, 1.807) is 18.2 Å². The Kier molecular flexibility index (Phi) is 16.3. The van der Waals surface area contributed by atoms with E-state index in [1.807, 2.05) is 30.3 Å². The van der Waals surface area contributed by atoms with Gasteiger partial charge in [0, 0.05) is 62.9 Å². The first-order chi connectivity index (χ1) is 53.1. The van der Waals surface area contributed by atoms with Gasteiger partial charge in [-0.05, 0) is 265 Å². The molecule has 0 radical (unpaired) electrons. The van der Waals surface area contributed by atoms with Gasteiger partial charge in [-0.1, -0.05) is 277 Å². The van der Waals surface area contributed by atoms with Gasteiger partial charge < -0.3 is 23.3 Å². The predicted octanol–water partition coefficient (Wildman–Crippen LogP) is 28.2. The Bertz CT molecular complexity index is 6570. The fraction of sp³-hybridized carbons (Fsp3) is 0.126. The molecule has 0 atom stereocenters. The molecule has 4 aliphatic rings. The van der Waals surface area contributed by atoms with Crippen LogP contribution in [0, 0.1) is 0 Å². The molecule has 0 amide bonds. The van der Waals surface area contributed by atoms with Crippen LogP contribution in [0.15, 0.2) is 319 Å². The Morgan fingerprint density at radius 3 is 0.757 bits per heavy atom. The average Bonchev–Trinajstić information content (AvgIpc) is 1.55. The van der Waals surface area contributed by atoms with Crippen molar-refractivity contribution in [1.29, 1.82) is 0 Å². The van der Waals surface area contributed by atoms with Crippen molar-refractivity contribution >= 4 is 110 Å². The van der Waals surface area contributed by atoms with E-state index < -0.39 is 7.12 Å². The largest absolute Gasteiger partial charge is 0.488 e. The molecule has 0 aliphatic heterocycles. The molecule has 22 rings (SSSR count). The summed E-state index contributed by atoms with van der Waals surface area (Å²) in [4.78, 5) is 0. The van der Waals surface area contributed by atoms with Gasteiger partial charge in [-0.2, -0.15) is 0 Å². The molecule has 0 unspecified atom stereocenters. The van der Waals surface area contributed by atoms with E-state index in [1.165, 1.54) is 134 Å². The van der Waals surface area contributed by atoms with Crippen LogP contribution in [-0.2, 0) is 21.7 Å². The Balaban J connectivity index is 0.000000138. The minimum Gasteiger partial charge on any atom is -0.456 e. The Morgan fingerprint density at radius 2 is 0.459 bits per heavy atom. The zero-order chi connectivity index (χ0) is 75.0. The van der Waals surface area contributed by atoms with Gasteiger partial charge in [0.2, 0.25) is 0 Å². The molecule has 8 heteroatoms. The number of hydrogen-bond donors (Lipinski definition) is 2. The van der Waals surface area contributed by atoms with Crippen LogP contribution >= 0.6 is 31.9 Å². The minimum absolute atomic E-state index is 0. The quantitative estimate of drug-likeness (QED) is 0.162. The molecule has 0 saturated heterocycles. The Hall–Kier alpha value is -11.4. The van der Waals surface area contributed by atoms with Crippen molar-refractivity contribution in [2.45, 2.75) is 84.5 Å². The number of fused-ring (bicyclic) bond motifs is 21. The zero-order valence-electron chi connectivity index (χ0n) is 62.2. The predicted molar refractivity (Wildman–Crippen MR) is 471 cm³/mol. The summed E-state index contributed by atoms with van der Waals surface area (Å²) in [5, 5.41) is 25.1. The van der Waals surface area contributed by atoms with E-state index in [0.29, 0.717) is 5.46 Å². The van der Waals surface area contributed by atoms with E-state index in [4.69, 9.17) is 13.3 Å². The molecule has 15 aromatic carbocycles. The first kappa shape index (κ1) is 70.1. The zero-order valence-corrected chi connectivity index (χ0v) is 65.4. The summed E-state index contributed by atoms with van der Waals surface area (Å²) in [6, 6.07) is 106. The lowest BCUT2D eigenvalue weighted by molar-refractivity contribution is 0.426. The fourth-order valence-corrected chi connectivity index (χ4v) is 19.3. The van der Waals surface area contributed by atoms with E-state index in [9.17, 15) is 10.0 Å². The third-order valence-electron chi connectivity index (χ3n) is 24.6. The average molecular weight is 1570 g/mol. The molecule has 0 bridgehead atoms. The maximum atomic E-state index is 9.35. The molecular weight excluding hydrogens is 1490 g/mol. The highest BCUT2D eigenvalue weighted by atomic mass is 79.9. The molecule has 5 nitrogen and oxygen atoms in total. The summed E-state index contributed by atoms with van der Waals surface area (Å²) < 4.78 is 20.8. The lowest BCUT2D eigenvalue weighted by atomic mass is 9.77. The topological polar surface area (TPSA) is 79.9 Å². The van der Waals surface area contributed by atoms with Crippen LogP contribution in [0.4, 0.5) is 0 Å². The number of rotatable bonds is 6. The molecule has 0 spiro atoms. The highest BCUT2D eigenvalue weighted by Crippen LogP contribution is 2.59. The van der Waals surface area contributed by atoms with Crippen molar-refractivity contribution in [1.82, 2.24) is 0 Å². The summed E-state index contributed by atoms with van der Waals surface area (Å²) in [6.45, 7) is 19.0. The van der Waals surface area contributed by atoms with Crippen LogP contribution in [-0.4, -0.2) is 17.2 Å². The number of furan rings is 3. The smallest absolute Gasteiger partial charge is 0.456 e. The second-order valence-corrected chi connectivity index (χ2v) is 34.2. The van der Waals surface area contributed by atoms with Crippen molar-refractivity contribution in [2.24, 2.45) is 0 Å². The normalized spacial score (nSPS) is 14.3. The van der Waals surface area contributed by atoms with Gasteiger partial charge in [0.25, 0.3) is 0 Å². The van der Waals surface area contributed by atoms with Crippen molar-refractivity contribution in [3.8, 4) is 100 Å². The van der Waals surface area contributed by atoms with Crippen LogP contribution < -0.4 is 5.46 Å². The van der Waals surface area contributed by atoms with Crippen LogP contribution in [0.2, 0.25) is 0 Å². The van der Waals surface area contributed by atoms with Gasteiger partial charge in [-0.3, -0.25) is 0 Å². The van der Waals surface area contributed by atoms with Gasteiger partial charge >= 0.3 is 7.12 Å². The Morgan fingerprint density at radius 1 is 0.225 bits per heavy atom. The van der Waals surface area contributed by atoms with Crippen LogP contribution in [0.25, 0.3) is 166 Å². The van der Waals surface area contributed by atoms with E-state index in [-0.39, 0.29) is 29.1 Å². The van der Waals surface area contributed by atoms with E-state index in [0.717, 1.165) is 85.9 Å². The molecule has 0 saturated carbocycles. The molecule has 111 heavy (non-hydrogen) atoms. The van der Waals surface area contributed by atoms with Gasteiger partial charge in [0.05, 0.1) is 0 Å². The van der Waals surface area contributed by atoms with Crippen LogP contribution in [0.3, 0.4) is 0 Å². The van der Waals surface area contributed by atoms with Crippen molar-refractivity contribution in [3.05, 3.63) is 351 Å². The third kappa shape index (κ3) is 11.2. The third-order valence-corrected chi connectivity index (χ3v) is 25.6. The number of hydrogen-bond acceptors (Lipinski definition) is 5. The molecular formula is C103H79BBr2O5. The maximum absolute atomic E-state index is 9.35. The first-order valence-corrected chi connectivity index (χ1v) is 39.4. The second-order valence-electron chi connectivity index (χ2n) is 32.4. The first-order valence-electron chi connectivity index (χ1n) is 37.8. The molecule has 18 aromatic rings. The number of benzene rings is 15. The summed E-state index contributed by atoms with van der Waals surface area (Å²) in [5.41, 5.74) is 39.4. The summed E-state index contributed by atoms with van der Waals surface area (Å²) in [7, 11) is -1.48. The molecule has 3 aromatic heterocycles. The van der Waals surface area contributed by atoms with Gasteiger partial charge in [0.15, 0.2) is 0 Å². The fourth-order valence-electron chi connectivity index (χ4n) is 18.5. The Labute approximate surface area is 663 Å². The summed E-state index contributed by atoms with van der Waals surface area (Å²) in [6.07, 6.45) is 0. The van der Waals surface area contributed by atoms with Gasteiger partial charge in [-0.25, -0.2) is 0 Å². The lowest BCUT2D eigenvalue weighted by Gasteiger charge is -2.26. The molecule has 2 N–H and O–H groups in total. The highest BCUT2D eigenvalue weighted by molar-refractivity contribution is 9.10. The minimum atomic E-state index is -1.48.